The summed E-state index contributed by atoms with van der Waals surface area (Å²) in [5.41, 5.74) is 5.24. The molecule has 1 aliphatic heterocycles. The van der Waals surface area contributed by atoms with Crippen LogP contribution in [0.15, 0.2) is 0 Å². The SMILES string of the molecule is CC(C)(C)CS(=O)(=O)N1CC(C)(N)C1. The van der Waals surface area contributed by atoms with Crippen LogP contribution in [0.5, 0.6) is 0 Å². The van der Waals surface area contributed by atoms with Crippen molar-refractivity contribution < 1.29 is 8.42 Å². The Morgan fingerprint density at radius 3 is 2.07 bits per heavy atom. The first kappa shape index (κ1) is 11.9. The van der Waals surface area contributed by atoms with E-state index >= 15 is 0 Å². The lowest BCUT2D eigenvalue weighted by atomic mass is 9.97. The van der Waals surface area contributed by atoms with Gasteiger partial charge in [-0.15, -0.1) is 0 Å². The minimum Gasteiger partial charge on any atom is -0.323 e. The van der Waals surface area contributed by atoms with Gasteiger partial charge in [0.25, 0.3) is 0 Å². The Morgan fingerprint density at radius 1 is 1.36 bits per heavy atom. The van der Waals surface area contributed by atoms with Crippen molar-refractivity contribution in [3.05, 3.63) is 0 Å². The summed E-state index contributed by atoms with van der Waals surface area (Å²) in [4.78, 5) is 0. The first-order valence-electron chi connectivity index (χ1n) is 4.79. The fourth-order valence-electron chi connectivity index (χ4n) is 1.59. The van der Waals surface area contributed by atoms with Crippen molar-refractivity contribution in [1.29, 1.82) is 0 Å². The third-order valence-corrected chi connectivity index (χ3v) is 4.36. The van der Waals surface area contributed by atoms with Crippen molar-refractivity contribution in [3.8, 4) is 0 Å². The van der Waals surface area contributed by atoms with Crippen LogP contribution in [-0.2, 0) is 10.0 Å². The van der Waals surface area contributed by atoms with E-state index in [0.717, 1.165) is 0 Å². The van der Waals surface area contributed by atoms with E-state index in [1.165, 1.54) is 4.31 Å². The summed E-state index contributed by atoms with van der Waals surface area (Å²) in [7, 11) is -3.10. The van der Waals surface area contributed by atoms with Crippen LogP contribution in [0.2, 0.25) is 0 Å². The minimum absolute atomic E-state index is 0.191. The summed E-state index contributed by atoms with van der Waals surface area (Å²) < 4.78 is 25.0. The summed E-state index contributed by atoms with van der Waals surface area (Å²) in [5, 5.41) is 0. The van der Waals surface area contributed by atoms with Crippen molar-refractivity contribution in [2.75, 3.05) is 18.8 Å². The molecule has 1 aliphatic rings. The third kappa shape index (κ3) is 2.93. The highest BCUT2D eigenvalue weighted by Crippen LogP contribution is 2.25. The highest BCUT2D eigenvalue weighted by Gasteiger charge is 2.42. The maximum absolute atomic E-state index is 11.8. The lowest BCUT2D eigenvalue weighted by Gasteiger charge is -2.45. The molecule has 5 heteroatoms. The number of nitrogens with two attached hydrogens (primary N) is 1. The van der Waals surface area contributed by atoms with Gasteiger partial charge in [0, 0.05) is 18.6 Å². The molecule has 1 rings (SSSR count). The fourth-order valence-corrected chi connectivity index (χ4v) is 3.85. The maximum Gasteiger partial charge on any atom is 0.214 e. The molecular formula is C9H20N2O2S. The lowest BCUT2D eigenvalue weighted by Crippen LogP contribution is -2.67. The standard InChI is InChI=1S/C9H20N2O2S/c1-8(2,3)7-14(12,13)11-5-9(4,10)6-11/h5-7,10H2,1-4H3. The highest BCUT2D eigenvalue weighted by atomic mass is 32.2. The van der Waals surface area contributed by atoms with Crippen LogP contribution in [0.3, 0.4) is 0 Å². The summed E-state index contributed by atoms with van der Waals surface area (Å²) in [6, 6.07) is 0. The zero-order chi connectivity index (χ0) is 11.2. The molecule has 0 radical (unpaired) electrons. The van der Waals surface area contributed by atoms with Crippen LogP contribution < -0.4 is 5.73 Å². The largest absolute Gasteiger partial charge is 0.323 e. The van der Waals surface area contributed by atoms with Gasteiger partial charge in [0.05, 0.1) is 5.75 Å². The smallest absolute Gasteiger partial charge is 0.214 e. The molecule has 0 atom stereocenters. The van der Waals surface area contributed by atoms with Crippen LogP contribution >= 0.6 is 0 Å². The normalized spacial score (nSPS) is 23.2. The van der Waals surface area contributed by atoms with Crippen LogP contribution in [0.1, 0.15) is 27.7 Å². The zero-order valence-electron chi connectivity index (χ0n) is 9.37. The molecule has 84 valence electrons. The van der Waals surface area contributed by atoms with E-state index in [-0.39, 0.29) is 16.7 Å². The molecule has 0 aromatic rings. The molecule has 1 saturated heterocycles. The molecule has 2 N–H and O–H groups in total. The van der Waals surface area contributed by atoms with Gasteiger partial charge in [-0.1, -0.05) is 20.8 Å². The number of hydrogen-bond acceptors (Lipinski definition) is 3. The fraction of sp³-hybridized carbons (Fsp3) is 1.00. The molecule has 14 heavy (non-hydrogen) atoms. The summed E-state index contributed by atoms with van der Waals surface area (Å²) in [5.74, 6) is 0.191. The number of hydrogen-bond donors (Lipinski definition) is 1. The Balaban J connectivity index is 2.62. The summed E-state index contributed by atoms with van der Waals surface area (Å²) >= 11 is 0. The van der Waals surface area contributed by atoms with E-state index < -0.39 is 10.0 Å². The van der Waals surface area contributed by atoms with Crippen molar-refractivity contribution in [1.82, 2.24) is 4.31 Å². The monoisotopic (exact) mass is 220 g/mol. The van der Waals surface area contributed by atoms with Crippen molar-refractivity contribution >= 4 is 10.0 Å². The van der Waals surface area contributed by atoms with E-state index in [1.807, 2.05) is 27.7 Å². The van der Waals surface area contributed by atoms with E-state index in [4.69, 9.17) is 5.73 Å². The van der Waals surface area contributed by atoms with Crippen LogP contribution in [0, 0.1) is 5.41 Å². The second kappa shape index (κ2) is 3.18. The number of nitrogens with zero attached hydrogens (tertiary/aromatic N) is 1. The van der Waals surface area contributed by atoms with E-state index in [1.54, 1.807) is 0 Å². The van der Waals surface area contributed by atoms with Gasteiger partial charge in [0.15, 0.2) is 0 Å². The predicted molar refractivity (Wildman–Crippen MR) is 57.4 cm³/mol. The van der Waals surface area contributed by atoms with Gasteiger partial charge in [-0.25, -0.2) is 8.42 Å². The Kier molecular flexibility index (Phi) is 2.71. The van der Waals surface area contributed by atoms with Gasteiger partial charge in [0.2, 0.25) is 10.0 Å². The minimum atomic E-state index is -3.10. The van der Waals surface area contributed by atoms with E-state index in [9.17, 15) is 8.42 Å². The number of sulfonamides is 1. The third-order valence-electron chi connectivity index (χ3n) is 2.08. The molecule has 0 aromatic carbocycles. The van der Waals surface area contributed by atoms with Gasteiger partial charge in [-0.05, 0) is 12.3 Å². The van der Waals surface area contributed by atoms with Gasteiger partial charge >= 0.3 is 0 Å². The Morgan fingerprint density at radius 2 is 1.79 bits per heavy atom. The van der Waals surface area contributed by atoms with E-state index in [0.29, 0.717) is 13.1 Å². The molecular weight excluding hydrogens is 200 g/mol. The van der Waals surface area contributed by atoms with E-state index in [2.05, 4.69) is 0 Å². The Bertz CT molecular complexity index is 306. The first-order valence-corrected chi connectivity index (χ1v) is 6.40. The second-order valence-corrected chi connectivity index (χ2v) is 7.71. The van der Waals surface area contributed by atoms with Crippen molar-refractivity contribution in [2.24, 2.45) is 11.1 Å². The highest BCUT2D eigenvalue weighted by molar-refractivity contribution is 7.89. The Hall–Kier alpha value is -0.130. The molecule has 0 spiro atoms. The van der Waals surface area contributed by atoms with Gasteiger partial charge in [0.1, 0.15) is 0 Å². The lowest BCUT2D eigenvalue weighted by molar-refractivity contribution is 0.174. The Labute approximate surface area is 86.5 Å². The summed E-state index contributed by atoms with van der Waals surface area (Å²) in [6.45, 7) is 8.54. The molecule has 0 amide bonds. The molecule has 1 fully saturated rings. The van der Waals surface area contributed by atoms with Crippen molar-refractivity contribution in [2.45, 2.75) is 33.2 Å². The van der Waals surface area contributed by atoms with Gasteiger partial charge in [-0.2, -0.15) is 4.31 Å². The molecule has 1 heterocycles. The average molecular weight is 220 g/mol. The summed E-state index contributed by atoms with van der Waals surface area (Å²) in [6.07, 6.45) is 0. The van der Waals surface area contributed by atoms with Gasteiger partial charge in [-0.3, -0.25) is 0 Å². The second-order valence-electron chi connectivity index (χ2n) is 5.74. The predicted octanol–water partition coefficient (Wildman–Crippen LogP) is 0.395. The van der Waals surface area contributed by atoms with Crippen LogP contribution in [0.4, 0.5) is 0 Å². The zero-order valence-corrected chi connectivity index (χ0v) is 10.2. The van der Waals surface area contributed by atoms with Gasteiger partial charge < -0.3 is 5.73 Å². The first-order chi connectivity index (χ1) is 6.02. The number of rotatable bonds is 2. The molecule has 0 saturated carbocycles. The molecule has 4 nitrogen and oxygen atoms in total. The quantitative estimate of drug-likeness (QED) is 0.732. The van der Waals surface area contributed by atoms with Crippen LogP contribution in [-0.4, -0.2) is 37.1 Å². The van der Waals surface area contributed by atoms with Crippen molar-refractivity contribution in [3.63, 3.8) is 0 Å². The topological polar surface area (TPSA) is 63.4 Å². The molecule has 0 unspecified atom stereocenters. The van der Waals surface area contributed by atoms with Crippen LogP contribution in [0.25, 0.3) is 0 Å². The maximum atomic E-state index is 11.8. The molecule has 0 aromatic heterocycles. The molecule has 0 bridgehead atoms. The average Bonchev–Trinajstić information content (AvgIpc) is 1.76. The molecule has 0 aliphatic carbocycles.